The average molecular weight is 471 g/mol. The summed E-state index contributed by atoms with van der Waals surface area (Å²) >= 11 is 6.04. The summed E-state index contributed by atoms with van der Waals surface area (Å²) in [7, 11) is 0. The van der Waals surface area contributed by atoms with Crippen LogP contribution in [0.5, 0.6) is 5.75 Å². The van der Waals surface area contributed by atoms with E-state index >= 15 is 0 Å². The second-order valence-electron chi connectivity index (χ2n) is 6.79. The highest BCUT2D eigenvalue weighted by atomic mass is 35.5. The van der Waals surface area contributed by atoms with Crippen molar-refractivity contribution < 1.29 is 18.8 Å². The molecule has 1 N–H and O–H groups in total. The number of nitrogens with zero attached hydrogens (tertiary/aromatic N) is 5. The number of rotatable bonds is 8. The van der Waals surface area contributed by atoms with Gasteiger partial charge in [-0.15, -0.1) is 0 Å². The molecule has 0 bridgehead atoms. The number of carbonyl (C=O) groups is 1. The normalized spacial score (nSPS) is 10.7. The number of nitrogens with one attached hydrogen (secondary N) is 1. The largest absolute Gasteiger partial charge is 0.464 e. The molecule has 0 radical (unpaired) electrons. The van der Waals surface area contributed by atoms with Crippen LogP contribution < -0.4 is 10.1 Å². The van der Waals surface area contributed by atoms with Crippen LogP contribution in [0.15, 0.2) is 67.0 Å². The molecule has 0 atom stereocenters. The van der Waals surface area contributed by atoms with Crippen LogP contribution in [0, 0.1) is 15.9 Å². The lowest BCUT2D eigenvalue weighted by molar-refractivity contribution is -0.386. The third-order valence-electron chi connectivity index (χ3n) is 4.55. The maximum Gasteiger partial charge on any atom is 0.311 e. The Morgan fingerprint density at radius 2 is 1.88 bits per heavy atom. The van der Waals surface area contributed by atoms with Crippen molar-refractivity contribution in [1.29, 1.82) is 0 Å². The molecule has 0 aliphatic heterocycles. The maximum absolute atomic E-state index is 14.0. The van der Waals surface area contributed by atoms with E-state index in [2.05, 4.69) is 15.5 Å². The number of para-hydroxylation sites is 2. The second-order valence-corrected chi connectivity index (χ2v) is 7.20. The maximum atomic E-state index is 14.0. The summed E-state index contributed by atoms with van der Waals surface area (Å²) in [5, 5.41) is 22.2. The number of benzene rings is 2. The van der Waals surface area contributed by atoms with E-state index in [0.717, 1.165) is 0 Å². The first kappa shape index (κ1) is 22.0. The van der Waals surface area contributed by atoms with Gasteiger partial charge in [0.15, 0.2) is 24.0 Å². The number of nitro benzene ring substituents is 1. The van der Waals surface area contributed by atoms with Gasteiger partial charge in [-0.25, -0.2) is 9.07 Å². The summed E-state index contributed by atoms with van der Waals surface area (Å²) in [4.78, 5) is 23.0. The molecule has 0 fully saturated rings. The first-order valence-electron chi connectivity index (χ1n) is 9.58. The molecule has 4 rings (SSSR count). The quantitative estimate of drug-likeness (QED) is 0.306. The summed E-state index contributed by atoms with van der Waals surface area (Å²) < 4.78 is 22.2. The van der Waals surface area contributed by atoms with Crippen molar-refractivity contribution in [1.82, 2.24) is 19.6 Å². The van der Waals surface area contributed by atoms with Gasteiger partial charge in [-0.1, -0.05) is 29.8 Å². The van der Waals surface area contributed by atoms with Gasteiger partial charge in [0.05, 0.1) is 11.5 Å². The lowest BCUT2D eigenvalue weighted by Gasteiger charge is -2.06. The highest BCUT2D eigenvalue weighted by Crippen LogP contribution is 2.26. The van der Waals surface area contributed by atoms with Crippen molar-refractivity contribution in [2.45, 2.75) is 13.3 Å². The molecule has 33 heavy (non-hydrogen) atoms. The zero-order valence-corrected chi connectivity index (χ0v) is 17.6. The predicted molar refractivity (Wildman–Crippen MR) is 117 cm³/mol. The van der Waals surface area contributed by atoms with Crippen LogP contribution in [0.2, 0.25) is 5.02 Å². The Kier molecular flexibility index (Phi) is 6.31. The Labute approximate surface area is 191 Å². The van der Waals surface area contributed by atoms with E-state index in [9.17, 15) is 19.3 Å². The van der Waals surface area contributed by atoms with Crippen molar-refractivity contribution >= 4 is 29.0 Å². The summed E-state index contributed by atoms with van der Waals surface area (Å²) in [6.45, 7) is -0.0326. The number of hydrogen-bond donors (Lipinski definition) is 1. The number of aromatic nitrogens is 4. The number of anilines is 1. The molecule has 2 aromatic heterocycles. The van der Waals surface area contributed by atoms with Gasteiger partial charge in [0.2, 0.25) is 0 Å². The van der Waals surface area contributed by atoms with E-state index < -0.39 is 16.6 Å². The van der Waals surface area contributed by atoms with Crippen LogP contribution in [0.1, 0.15) is 16.1 Å². The fourth-order valence-corrected chi connectivity index (χ4v) is 3.19. The minimum absolute atomic E-state index is 0.0875. The monoisotopic (exact) mass is 470 g/mol. The Morgan fingerprint density at radius 3 is 2.67 bits per heavy atom. The van der Waals surface area contributed by atoms with Crippen molar-refractivity contribution in [2.75, 3.05) is 5.32 Å². The van der Waals surface area contributed by atoms with Gasteiger partial charge in [-0.2, -0.15) is 10.2 Å². The molecular formula is C21H16ClFN6O4. The molecule has 168 valence electrons. The highest BCUT2D eigenvalue weighted by molar-refractivity contribution is 6.31. The fourth-order valence-electron chi connectivity index (χ4n) is 2.96. The van der Waals surface area contributed by atoms with Gasteiger partial charge in [-0.3, -0.25) is 19.6 Å². The van der Waals surface area contributed by atoms with Gasteiger partial charge >= 0.3 is 5.69 Å². The molecule has 12 heteroatoms. The molecule has 0 aliphatic carbocycles. The molecule has 0 aliphatic rings. The van der Waals surface area contributed by atoms with Gasteiger partial charge in [0.1, 0.15) is 5.82 Å². The zero-order chi connectivity index (χ0) is 23.4. The highest BCUT2D eigenvalue weighted by Gasteiger charge is 2.15. The van der Waals surface area contributed by atoms with Crippen LogP contribution in [0.3, 0.4) is 0 Å². The first-order valence-corrected chi connectivity index (χ1v) is 9.96. The zero-order valence-electron chi connectivity index (χ0n) is 16.9. The Bertz CT molecular complexity index is 1300. The van der Waals surface area contributed by atoms with E-state index in [4.69, 9.17) is 16.3 Å². The fraction of sp³-hybridized carbons (Fsp3) is 0.0952. The van der Waals surface area contributed by atoms with Crippen molar-refractivity contribution in [3.63, 3.8) is 0 Å². The average Bonchev–Trinajstić information content (AvgIpc) is 3.45. The molecule has 2 heterocycles. The number of hydrogen-bond acceptors (Lipinski definition) is 6. The smallest absolute Gasteiger partial charge is 0.311 e. The molecule has 10 nitrogen and oxygen atoms in total. The van der Waals surface area contributed by atoms with E-state index in [0.29, 0.717) is 0 Å². The van der Waals surface area contributed by atoms with Crippen molar-refractivity contribution in [2.24, 2.45) is 0 Å². The van der Waals surface area contributed by atoms with E-state index in [1.165, 1.54) is 52.0 Å². The third kappa shape index (κ3) is 5.15. The summed E-state index contributed by atoms with van der Waals surface area (Å²) in [5.74, 6) is -0.631. The van der Waals surface area contributed by atoms with E-state index in [1.54, 1.807) is 24.4 Å². The van der Waals surface area contributed by atoms with Gasteiger partial charge in [0, 0.05) is 35.1 Å². The Balaban J connectivity index is 1.37. The molecule has 0 saturated carbocycles. The number of carbonyl (C=O) groups excluding carboxylic acids is 1. The standard InChI is InChI=1S/C21H16ClFN6O4/c22-15-4-3-5-16(23)14(15)12-27-11-9-20(26-27)24-21(30)17-8-10-28(25-17)13-33-19-7-2-1-6-18(19)29(31)32/h1-11H,12-13H2,(H,24,26,30). The minimum atomic E-state index is -0.545. The van der Waals surface area contributed by atoms with Gasteiger partial charge < -0.3 is 10.1 Å². The predicted octanol–water partition coefficient (Wildman–Crippen LogP) is 4.12. The van der Waals surface area contributed by atoms with Crippen LogP contribution in [-0.4, -0.2) is 30.4 Å². The van der Waals surface area contributed by atoms with E-state index in [-0.39, 0.29) is 46.8 Å². The summed E-state index contributed by atoms with van der Waals surface area (Å²) in [5.41, 5.74) is 0.209. The Hall–Kier alpha value is -4.25. The Morgan fingerprint density at radius 1 is 1.09 bits per heavy atom. The molecular weight excluding hydrogens is 455 g/mol. The molecule has 0 spiro atoms. The number of amides is 1. The topological polar surface area (TPSA) is 117 Å². The van der Waals surface area contributed by atoms with E-state index in [1.807, 2.05) is 0 Å². The minimum Gasteiger partial charge on any atom is -0.464 e. The van der Waals surface area contributed by atoms with Crippen LogP contribution >= 0.6 is 11.6 Å². The third-order valence-corrected chi connectivity index (χ3v) is 4.91. The van der Waals surface area contributed by atoms with Crippen molar-refractivity contribution in [3.05, 3.63) is 99.2 Å². The summed E-state index contributed by atoms with van der Waals surface area (Å²) in [6, 6.07) is 13.4. The van der Waals surface area contributed by atoms with Crippen LogP contribution in [0.25, 0.3) is 0 Å². The lowest BCUT2D eigenvalue weighted by atomic mass is 10.2. The number of nitro groups is 1. The van der Waals surface area contributed by atoms with Crippen LogP contribution in [-0.2, 0) is 13.3 Å². The molecule has 4 aromatic rings. The number of halogens is 2. The lowest BCUT2D eigenvalue weighted by Crippen LogP contribution is -2.15. The number of ether oxygens (including phenoxy) is 1. The van der Waals surface area contributed by atoms with Gasteiger partial charge in [0.25, 0.3) is 5.91 Å². The SMILES string of the molecule is O=C(Nc1ccn(Cc2c(F)cccc2Cl)n1)c1ccn(COc2ccccc2[N+](=O)[O-])n1. The first-order chi connectivity index (χ1) is 15.9. The van der Waals surface area contributed by atoms with Gasteiger partial charge in [-0.05, 0) is 24.3 Å². The van der Waals surface area contributed by atoms with Crippen LogP contribution in [0.4, 0.5) is 15.9 Å². The molecule has 0 unspecified atom stereocenters. The molecule has 1 amide bonds. The molecule has 2 aromatic carbocycles. The molecule has 0 saturated heterocycles. The van der Waals surface area contributed by atoms with Crippen molar-refractivity contribution in [3.8, 4) is 5.75 Å². The summed E-state index contributed by atoms with van der Waals surface area (Å²) in [6.07, 6.45) is 3.08. The second kappa shape index (κ2) is 9.49.